The van der Waals surface area contributed by atoms with E-state index in [-0.39, 0.29) is 11.9 Å². The van der Waals surface area contributed by atoms with Crippen LogP contribution < -0.4 is 5.73 Å². The van der Waals surface area contributed by atoms with Crippen molar-refractivity contribution in [2.75, 3.05) is 26.7 Å². The van der Waals surface area contributed by atoms with Gasteiger partial charge >= 0.3 is 0 Å². The minimum absolute atomic E-state index is 0.0735. The summed E-state index contributed by atoms with van der Waals surface area (Å²) in [6.45, 7) is 2.36. The number of carbonyl (C=O) groups excluding carboxylic acids is 1. The molecule has 0 bridgehead atoms. The van der Waals surface area contributed by atoms with Gasteiger partial charge in [0.1, 0.15) is 6.04 Å². The van der Waals surface area contributed by atoms with E-state index in [0.29, 0.717) is 12.6 Å². The van der Waals surface area contributed by atoms with Crippen molar-refractivity contribution in [2.45, 2.75) is 44.2 Å². The van der Waals surface area contributed by atoms with Crippen molar-refractivity contribution in [3.05, 3.63) is 0 Å². The van der Waals surface area contributed by atoms with Crippen LogP contribution in [0, 0.1) is 0 Å². The summed E-state index contributed by atoms with van der Waals surface area (Å²) in [4.78, 5) is 16.4. The van der Waals surface area contributed by atoms with E-state index < -0.39 is 0 Å². The van der Waals surface area contributed by atoms with E-state index >= 15 is 0 Å². The summed E-state index contributed by atoms with van der Waals surface area (Å²) >= 11 is 0. The van der Waals surface area contributed by atoms with Gasteiger partial charge in [-0.25, -0.2) is 0 Å². The highest BCUT2D eigenvalue weighted by molar-refractivity contribution is 5.82. The zero-order valence-electron chi connectivity index (χ0n) is 10.2. The molecule has 1 aliphatic heterocycles. The van der Waals surface area contributed by atoms with Gasteiger partial charge in [-0.15, -0.1) is 0 Å². The van der Waals surface area contributed by atoms with E-state index in [1.807, 2.05) is 11.9 Å². The molecular formula is C12H23N3O. The largest absolute Gasteiger partial charge is 0.344 e. The van der Waals surface area contributed by atoms with Crippen molar-refractivity contribution in [2.24, 2.45) is 5.73 Å². The highest BCUT2D eigenvalue weighted by Gasteiger charge is 2.35. The molecule has 2 N–H and O–H groups in total. The maximum absolute atomic E-state index is 12.1. The fraction of sp³-hybridized carbons (Fsp3) is 0.917. The van der Waals surface area contributed by atoms with Gasteiger partial charge in [0.05, 0.1) is 0 Å². The molecule has 1 saturated heterocycles. The Morgan fingerprint density at radius 1 is 1.25 bits per heavy atom. The number of hydrogen-bond acceptors (Lipinski definition) is 3. The van der Waals surface area contributed by atoms with Gasteiger partial charge in [-0.05, 0) is 19.3 Å². The molecule has 0 aromatic rings. The van der Waals surface area contributed by atoms with Crippen LogP contribution in [0.25, 0.3) is 0 Å². The van der Waals surface area contributed by atoms with Crippen molar-refractivity contribution in [3.63, 3.8) is 0 Å². The number of hydrogen-bond donors (Lipinski definition) is 1. The Morgan fingerprint density at radius 3 is 2.56 bits per heavy atom. The summed E-state index contributed by atoms with van der Waals surface area (Å²) < 4.78 is 0. The van der Waals surface area contributed by atoms with Crippen LogP contribution in [0.5, 0.6) is 0 Å². The van der Waals surface area contributed by atoms with E-state index in [2.05, 4.69) is 4.90 Å². The van der Waals surface area contributed by atoms with Crippen LogP contribution in [-0.4, -0.2) is 54.5 Å². The van der Waals surface area contributed by atoms with Crippen LogP contribution in [0.15, 0.2) is 0 Å². The smallest absolute Gasteiger partial charge is 0.240 e. The fourth-order valence-electron chi connectivity index (χ4n) is 3.06. The lowest BCUT2D eigenvalue weighted by atomic mass is 10.1. The molecule has 0 radical (unpaired) electrons. The SMILES string of the molecule is CN1CCCN(C2CCCC2)C(CN)C1=O. The second-order valence-corrected chi connectivity index (χ2v) is 5.04. The van der Waals surface area contributed by atoms with Gasteiger partial charge in [0.2, 0.25) is 5.91 Å². The van der Waals surface area contributed by atoms with Crippen molar-refractivity contribution >= 4 is 5.91 Å². The molecule has 0 aromatic heterocycles. The average Bonchev–Trinajstić information content (AvgIpc) is 2.76. The topological polar surface area (TPSA) is 49.6 Å². The molecule has 2 rings (SSSR count). The first-order valence-corrected chi connectivity index (χ1v) is 6.45. The molecule has 0 aromatic carbocycles. The van der Waals surface area contributed by atoms with Crippen molar-refractivity contribution < 1.29 is 4.79 Å². The monoisotopic (exact) mass is 225 g/mol. The maximum Gasteiger partial charge on any atom is 0.240 e. The lowest BCUT2D eigenvalue weighted by molar-refractivity contribution is -0.134. The normalized spacial score (nSPS) is 29.8. The summed E-state index contributed by atoms with van der Waals surface area (Å²) in [5, 5.41) is 0. The standard InChI is InChI=1S/C12H23N3O/c1-14-7-4-8-15(10-5-2-3-6-10)11(9-13)12(14)16/h10-11H,2-9,13H2,1H3. The molecular weight excluding hydrogens is 202 g/mol. The Bertz CT molecular complexity index is 251. The van der Waals surface area contributed by atoms with E-state index in [4.69, 9.17) is 5.73 Å². The first kappa shape index (κ1) is 11.9. The molecule has 16 heavy (non-hydrogen) atoms. The fourth-order valence-corrected chi connectivity index (χ4v) is 3.06. The number of carbonyl (C=O) groups is 1. The van der Waals surface area contributed by atoms with Crippen molar-refractivity contribution in [1.82, 2.24) is 9.80 Å². The van der Waals surface area contributed by atoms with Crippen LogP contribution in [0.4, 0.5) is 0 Å². The van der Waals surface area contributed by atoms with Gasteiger partial charge in [-0.2, -0.15) is 0 Å². The number of amides is 1. The second-order valence-electron chi connectivity index (χ2n) is 5.04. The first-order valence-electron chi connectivity index (χ1n) is 6.45. The summed E-state index contributed by atoms with van der Waals surface area (Å²) in [7, 11) is 1.89. The summed E-state index contributed by atoms with van der Waals surface area (Å²) in [5.41, 5.74) is 5.79. The van der Waals surface area contributed by atoms with Crippen LogP contribution >= 0.6 is 0 Å². The number of nitrogens with two attached hydrogens (primary N) is 1. The van der Waals surface area contributed by atoms with E-state index in [0.717, 1.165) is 19.5 Å². The number of nitrogens with zero attached hydrogens (tertiary/aromatic N) is 2. The van der Waals surface area contributed by atoms with E-state index in [1.54, 1.807) is 0 Å². The molecule has 2 aliphatic rings. The Hall–Kier alpha value is -0.610. The van der Waals surface area contributed by atoms with Gasteiger partial charge in [0, 0.05) is 32.7 Å². The number of rotatable bonds is 2. The maximum atomic E-state index is 12.1. The molecule has 0 spiro atoms. The third-order valence-electron chi connectivity index (χ3n) is 3.99. The van der Waals surface area contributed by atoms with Crippen molar-refractivity contribution in [3.8, 4) is 0 Å². The van der Waals surface area contributed by atoms with Gasteiger partial charge in [0.15, 0.2) is 0 Å². The van der Waals surface area contributed by atoms with Crippen LogP contribution in [-0.2, 0) is 4.79 Å². The Labute approximate surface area is 97.8 Å². The van der Waals surface area contributed by atoms with E-state index in [9.17, 15) is 4.79 Å². The summed E-state index contributed by atoms with van der Waals surface area (Å²) in [5.74, 6) is 0.215. The molecule has 1 heterocycles. The quantitative estimate of drug-likeness (QED) is 0.741. The number of likely N-dealkylation sites (N-methyl/N-ethyl adjacent to an activating group) is 1. The molecule has 1 aliphatic carbocycles. The average molecular weight is 225 g/mol. The molecule has 4 heteroatoms. The summed E-state index contributed by atoms with van der Waals surface area (Å²) in [6.07, 6.45) is 6.18. The Morgan fingerprint density at radius 2 is 1.94 bits per heavy atom. The molecule has 2 fully saturated rings. The van der Waals surface area contributed by atoms with Crippen LogP contribution in [0.1, 0.15) is 32.1 Å². The summed E-state index contributed by atoms with van der Waals surface area (Å²) in [6, 6.07) is 0.527. The van der Waals surface area contributed by atoms with Crippen LogP contribution in [0.3, 0.4) is 0 Å². The highest BCUT2D eigenvalue weighted by Crippen LogP contribution is 2.26. The lowest BCUT2D eigenvalue weighted by Crippen LogP contribution is -2.52. The second kappa shape index (κ2) is 5.15. The van der Waals surface area contributed by atoms with Crippen LogP contribution in [0.2, 0.25) is 0 Å². The molecule has 1 atom stereocenters. The first-order chi connectivity index (χ1) is 7.74. The predicted octanol–water partition coefficient (Wildman–Crippen LogP) is 0.420. The minimum Gasteiger partial charge on any atom is -0.344 e. The van der Waals surface area contributed by atoms with E-state index in [1.165, 1.54) is 25.7 Å². The molecule has 1 amide bonds. The van der Waals surface area contributed by atoms with Gasteiger partial charge < -0.3 is 10.6 Å². The third kappa shape index (κ3) is 2.23. The molecule has 1 unspecified atom stereocenters. The molecule has 1 saturated carbocycles. The van der Waals surface area contributed by atoms with Gasteiger partial charge in [0.25, 0.3) is 0 Å². The lowest BCUT2D eigenvalue weighted by Gasteiger charge is -2.33. The molecule has 4 nitrogen and oxygen atoms in total. The Balaban J connectivity index is 2.11. The highest BCUT2D eigenvalue weighted by atomic mass is 16.2. The zero-order valence-corrected chi connectivity index (χ0v) is 10.2. The zero-order chi connectivity index (χ0) is 11.5. The third-order valence-corrected chi connectivity index (χ3v) is 3.99. The van der Waals surface area contributed by atoms with Crippen molar-refractivity contribution in [1.29, 1.82) is 0 Å². The minimum atomic E-state index is -0.0735. The Kier molecular flexibility index (Phi) is 3.82. The van der Waals surface area contributed by atoms with Gasteiger partial charge in [-0.1, -0.05) is 12.8 Å². The predicted molar refractivity (Wildman–Crippen MR) is 64.1 cm³/mol. The van der Waals surface area contributed by atoms with Gasteiger partial charge in [-0.3, -0.25) is 9.69 Å². The molecule has 92 valence electrons.